The van der Waals surface area contributed by atoms with E-state index in [0.29, 0.717) is 23.3 Å². The fraction of sp³-hybridized carbons (Fsp3) is 0.375. The number of aromatic hydroxyl groups is 1. The molecular formula is C32H36O5. The lowest BCUT2D eigenvalue weighted by molar-refractivity contribution is 0.0597. The first-order chi connectivity index (χ1) is 17.1. The predicted molar refractivity (Wildman–Crippen MR) is 146 cm³/mol. The van der Waals surface area contributed by atoms with Crippen LogP contribution in [0.15, 0.2) is 42.5 Å². The van der Waals surface area contributed by atoms with Gasteiger partial charge in [0.05, 0.1) is 12.7 Å². The summed E-state index contributed by atoms with van der Waals surface area (Å²) in [7, 11) is 1.37. The molecule has 194 valence electrons. The Morgan fingerprint density at radius 3 is 2.00 bits per heavy atom. The predicted octanol–water partition coefficient (Wildman–Crippen LogP) is 7.68. The van der Waals surface area contributed by atoms with E-state index in [9.17, 15) is 14.7 Å². The minimum absolute atomic E-state index is 0.0751. The van der Waals surface area contributed by atoms with E-state index in [1.807, 2.05) is 6.07 Å². The van der Waals surface area contributed by atoms with Gasteiger partial charge >= 0.3 is 5.97 Å². The van der Waals surface area contributed by atoms with Gasteiger partial charge in [0.25, 0.3) is 0 Å². The number of methoxy groups -OCH3 is 1. The first kappa shape index (κ1) is 26.5. The molecule has 0 amide bonds. The van der Waals surface area contributed by atoms with Crippen LogP contribution in [0.4, 0.5) is 0 Å². The summed E-state index contributed by atoms with van der Waals surface area (Å²) < 4.78 is 11.8. The average molecular weight is 501 g/mol. The average Bonchev–Trinajstić information content (AvgIpc) is 2.81. The summed E-state index contributed by atoms with van der Waals surface area (Å²) in [4.78, 5) is 24.6. The van der Waals surface area contributed by atoms with Crippen molar-refractivity contribution in [1.29, 1.82) is 0 Å². The van der Waals surface area contributed by atoms with Crippen LogP contribution in [0.25, 0.3) is 11.1 Å². The van der Waals surface area contributed by atoms with E-state index in [0.717, 1.165) is 33.4 Å². The summed E-state index contributed by atoms with van der Waals surface area (Å²) in [6, 6.07) is 13.2. The zero-order valence-electron chi connectivity index (χ0n) is 23.2. The third-order valence-corrected chi connectivity index (χ3v) is 7.33. The zero-order chi connectivity index (χ0) is 27.5. The van der Waals surface area contributed by atoms with Gasteiger partial charge in [-0.15, -0.1) is 0 Å². The highest BCUT2D eigenvalue weighted by molar-refractivity contribution is 5.95. The van der Waals surface area contributed by atoms with Crippen molar-refractivity contribution >= 4 is 12.3 Å². The van der Waals surface area contributed by atoms with Crippen molar-refractivity contribution in [3.63, 3.8) is 0 Å². The van der Waals surface area contributed by atoms with Crippen molar-refractivity contribution in [2.75, 3.05) is 7.11 Å². The van der Waals surface area contributed by atoms with Gasteiger partial charge in [-0.05, 0) is 51.8 Å². The molecule has 5 nitrogen and oxygen atoms in total. The molecule has 0 atom stereocenters. The Bertz CT molecular complexity index is 1410. The van der Waals surface area contributed by atoms with Crippen LogP contribution in [0.3, 0.4) is 0 Å². The molecule has 1 heterocycles. The minimum atomic E-state index is -0.507. The maximum Gasteiger partial charge on any atom is 0.341 e. The van der Waals surface area contributed by atoms with Gasteiger partial charge in [-0.25, -0.2) is 4.79 Å². The number of rotatable bonds is 3. The first-order valence-corrected chi connectivity index (χ1v) is 12.5. The van der Waals surface area contributed by atoms with E-state index in [2.05, 4.69) is 73.6 Å². The minimum Gasteiger partial charge on any atom is -0.507 e. The molecule has 0 fully saturated rings. The Labute approximate surface area is 219 Å². The lowest BCUT2D eigenvalue weighted by Gasteiger charge is -2.39. The maximum absolute atomic E-state index is 13.0. The summed E-state index contributed by atoms with van der Waals surface area (Å²) in [6.45, 7) is 17.1. The van der Waals surface area contributed by atoms with Gasteiger partial charge in [-0.1, -0.05) is 73.6 Å². The van der Waals surface area contributed by atoms with Crippen LogP contribution >= 0.6 is 0 Å². The van der Waals surface area contributed by atoms with Gasteiger partial charge in [0.1, 0.15) is 22.8 Å². The number of phenolic OH excluding ortho intramolecular Hbond substituents is 1. The normalized spacial score (nSPS) is 14.3. The van der Waals surface area contributed by atoms with Crippen LogP contribution in [0.2, 0.25) is 0 Å². The number of phenols is 1. The van der Waals surface area contributed by atoms with Crippen LogP contribution in [0, 0.1) is 0 Å². The van der Waals surface area contributed by atoms with Gasteiger partial charge < -0.3 is 14.6 Å². The van der Waals surface area contributed by atoms with Crippen molar-refractivity contribution in [1.82, 2.24) is 0 Å². The number of ether oxygens (including phenoxy) is 2. The van der Waals surface area contributed by atoms with E-state index in [-0.39, 0.29) is 22.1 Å². The van der Waals surface area contributed by atoms with Crippen molar-refractivity contribution in [3.05, 3.63) is 75.8 Å². The molecule has 1 aliphatic heterocycles. The lowest BCUT2D eigenvalue weighted by atomic mass is 9.70. The molecule has 37 heavy (non-hydrogen) atoms. The molecule has 0 aliphatic carbocycles. The van der Waals surface area contributed by atoms with Gasteiger partial charge in [0, 0.05) is 22.1 Å². The van der Waals surface area contributed by atoms with Gasteiger partial charge in [0.2, 0.25) is 0 Å². The Morgan fingerprint density at radius 2 is 1.46 bits per heavy atom. The van der Waals surface area contributed by atoms with Crippen molar-refractivity contribution in [3.8, 4) is 28.4 Å². The molecule has 0 aromatic heterocycles. The molecule has 0 saturated heterocycles. The summed E-state index contributed by atoms with van der Waals surface area (Å²) in [5.74, 6) is 0.578. The fourth-order valence-electron chi connectivity index (χ4n) is 4.81. The maximum atomic E-state index is 13.0. The SMILES string of the molecule is COC(=O)c1cc(C(C)(C)C)cc2c1Oc1c(-c3ccc(O)c(C=O)c3)cc(C(C)(C)C)cc1C2(C)C. The van der Waals surface area contributed by atoms with E-state index < -0.39 is 11.4 Å². The lowest BCUT2D eigenvalue weighted by Crippen LogP contribution is -2.28. The Hall–Kier alpha value is -3.60. The van der Waals surface area contributed by atoms with E-state index in [1.54, 1.807) is 12.1 Å². The van der Waals surface area contributed by atoms with Crippen molar-refractivity contribution in [2.24, 2.45) is 0 Å². The highest BCUT2D eigenvalue weighted by Gasteiger charge is 2.40. The molecule has 0 bridgehead atoms. The number of carbonyl (C=O) groups is 2. The Balaban J connectivity index is 2.10. The van der Waals surface area contributed by atoms with E-state index in [4.69, 9.17) is 9.47 Å². The number of carbonyl (C=O) groups excluding carboxylic acids is 2. The molecular weight excluding hydrogens is 464 g/mol. The monoisotopic (exact) mass is 500 g/mol. The molecule has 0 spiro atoms. The number of benzene rings is 3. The molecule has 1 aliphatic rings. The van der Waals surface area contributed by atoms with Crippen molar-refractivity contribution < 1.29 is 24.2 Å². The largest absolute Gasteiger partial charge is 0.507 e. The molecule has 3 aromatic carbocycles. The second-order valence-corrected chi connectivity index (χ2v) is 12.4. The Kier molecular flexibility index (Phi) is 6.26. The molecule has 4 rings (SSSR count). The smallest absolute Gasteiger partial charge is 0.341 e. The van der Waals surface area contributed by atoms with Crippen LogP contribution in [-0.4, -0.2) is 24.5 Å². The van der Waals surface area contributed by atoms with Crippen molar-refractivity contribution in [2.45, 2.75) is 71.6 Å². The van der Waals surface area contributed by atoms with E-state index >= 15 is 0 Å². The number of fused-ring (bicyclic) bond motifs is 2. The number of esters is 1. The summed E-state index contributed by atoms with van der Waals surface area (Å²) >= 11 is 0. The molecule has 1 N–H and O–H groups in total. The van der Waals surface area contributed by atoms with Crippen LogP contribution < -0.4 is 4.74 Å². The molecule has 0 saturated carbocycles. The Morgan fingerprint density at radius 1 is 0.892 bits per heavy atom. The standard InChI is InChI=1S/C32H36O5/c1-30(2,3)20-13-22(18-10-11-26(34)19(12-18)17-33)27-24(15-20)32(7,8)25-16-21(31(4,5)6)14-23(28(25)37-27)29(35)36-9/h10-17,34H,1-9H3. The molecule has 5 heteroatoms. The highest BCUT2D eigenvalue weighted by Crippen LogP contribution is 2.54. The van der Waals surface area contributed by atoms with E-state index in [1.165, 1.54) is 13.2 Å². The first-order valence-electron chi connectivity index (χ1n) is 12.5. The number of hydrogen-bond acceptors (Lipinski definition) is 5. The molecule has 0 radical (unpaired) electrons. The second kappa shape index (κ2) is 8.76. The van der Waals surface area contributed by atoms with Gasteiger partial charge in [-0.3, -0.25) is 4.79 Å². The van der Waals surface area contributed by atoms with Crippen LogP contribution in [-0.2, 0) is 21.0 Å². The third-order valence-electron chi connectivity index (χ3n) is 7.33. The number of aldehydes is 1. The molecule has 0 unspecified atom stereocenters. The second-order valence-electron chi connectivity index (χ2n) is 12.4. The summed E-state index contributed by atoms with van der Waals surface area (Å²) in [5, 5.41) is 10.1. The molecule has 3 aromatic rings. The summed E-state index contributed by atoms with van der Waals surface area (Å²) in [5.41, 5.74) is 5.31. The fourth-order valence-corrected chi connectivity index (χ4v) is 4.81. The third kappa shape index (κ3) is 4.52. The topological polar surface area (TPSA) is 72.8 Å². The van der Waals surface area contributed by atoms with Gasteiger partial charge in [-0.2, -0.15) is 0 Å². The highest BCUT2D eigenvalue weighted by atomic mass is 16.5. The summed E-state index contributed by atoms with van der Waals surface area (Å²) in [6.07, 6.45) is 0.641. The van der Waals surface area contributed by atoms with Crippen LogP contribution in [0.5, 0.6) is 17.2 Å². The number of hydrogen-bond donors (Lipinski definition) is 1. The zero-order valence-corrected chi connectivity index (χ0v) is 23.2. The van der Waals surface area contributed by atoms with Crippen LogP contribution in [0.1, 0.15) is 98.4 Å². The quantitative estimate of drug-likeness (QED) is 0.295. The van der Waals surface area contributed by atoms with Gasteiger partial charge in [0.15, 0.2) is 6.29 Å².